The number of methoxy groups -OCH3 is 1. The SMILES string of the molecule is COCC(C)CNc1ccc([N+](=O)[O-])c2cccnc12. The summed E-state index contributed by atoms with van der Waals surface area (Å²) in [5, 5.41) is 14.8. The van der Waals surface area contributed by atoms with Crippen molar-refractivity contribution in [2.75, 3.05) is 25.6 Å². The molecule has 2 aromatic rings. The molecule has 0 aliphatic heterocycles. The average Bonchev–Trinajstić information content (AvgIpc) is 2.44. The molecule has 6 nitrogen and oxygen atoms in total. The fourth-order valence-corrected chi connectivity index (χ4v) is 2.09. The van der Waals surface area contributed by atoms with Crippen LogP contribution < -0.4 is 5.32 Å². The molecule has 1 heterocycles. The van der Waals surface area contributed by atoms with Gasteiger partial charge in [-0.1, -0.05) is 6.92 Å². The Morgan fingerprint density at radius 1 is 1.45 bits per heavy atom. The summed E-state index contributed by atoms with van der Waals surface area (Å²) in [5.74, 6) is 0.342. The second-order valence-electron chi connectivity index (χ2n) is 4.73. The maximum absolute atomic E-state index is 11.0. The summed E-state index contributed by atoms with van der Waals surface area (Å²) in [6.07, 6.45) is 1.63. The molecule has 0 saturated carbocycles. The Bertz CT molecular complexity index is 616. The van der Waals surface area contributed by atoms with Gasteiger partial charge in [-0.2, -0.15) is 0 Å². The van der Waals surface area contributed by atoms with E-state index in [0.29, 0.717) is 23.4 Å². The molecule has 0 radical (unpaired) electrons. The lowest BCUT2D eigenvalue weighted by atomic mass is 10.1. The van der Waals surface area contributed by atoms with Crippen LogP contribution in [0.1, 0.15) is 6.92 Å². The monoisotopic (exact) mass is 275 g/mol. The van der Waals surface area contributed by atoms with Gasteiger partial charge >= 0.3 is 0 Å². The van der Waals surface area contributed by atoms with Gasteiger partial charge in [-0.05, 0) is 24.1 Å². The van der Waals surface area contributed by atoms with Gasteiger partial charge in [0.2, 0.25) is 0 Å². The highest BCUT2D eigenvalue weighted by molar-refractivity contribution is 5.96. The van der Waals surface area contributed by atoms with Crippen LogP contribution in [0.25, 0.3) is 10.9 Å². The number of pyridine rings is 1. The Kier molecular flexibility index (Phi) is 4.47. The molecule has 1 N–H and O–H groups in total. The van der Waals surface area contributed by atoms with Crippen molar-refractivity contribution >= 4 is 22.3 Å². The van der Waals surface area contributed by atoms with Crippen molar-refractivity contribution in [3.8, 4) is 0 Å². The summed E-state index contributed by atoms with van der Waals surface area (Å²) in [6.45, 7) is 3.44. The number of rotatable bonds is 6. The molecule has 0 aliphatic rings. The van der Waals surface area contributed by atoms with E-state index in [0.717, 1.165) is 12.2 Å². The minimum atomic E-state index is -0.388. The molecule has 20 heavy (non-hydrogen) atoms. The molecule has 0 amide bonds. The largest absolute Gasteiger partial charge is 0.384 e. The van der Waals surface area contributed by atoms with E-state index in [4.69, 9.17) is 4.74 Å². The summed E-state index contributed by atoms with van der Waals surface area (Å²) in [6, 6.07) is 6.62. The molecule has 0 fully saturated rings. The fraction of sp³-hybridized carbons (Fsp3) is 0.357. The normalized spacial score (nSPS) is 12.3. The van der Waals surface area contributed by atoms with Crippen molar-refractivity contribution in [1.82, 2.24) is 4.98 Å². The third-order valence-corrected chi connectivity index (χ3v) is 3.04. The van der Waals surface area contributed by atoms with Crippen LogP contribution in [0.2, 0.25) is 0 Å². The number of non-ortho nitro benzene ring substituents is 1. The summed E-state index contributed by atoms with van der Waals surface area (Å²) in [7, 11) is 1.67. The van der Waals surface area contributed by atoms with Crippen molar-refractivity contribution in [3.63, 3.8) is 0 Å². The third-order valence-electron chi connectivity index (χ3n) is 3.04. The van der Waals surface area contributed by atoms with Crippen LogP contribution >= 0.6 is 0 Å². The predicted molar refractivity (Wildman–Crippen MR) is 77.9 cm³/mol. The van der Waals surface area contributed by atoms with Crippen LogP contribution in [0, 0.1) is 16.0 Å². The van der Waals surface area contributed by atoms with E-state index in [1.54, 1.807) is 31.5 Å². The first-order chi connectivity index (χ1) is 9.63. The van der Waals surface area contributed by atoms with Crippen molar-refractivity contribution in [2.24, 2.45) is 5.92 Å². The maximum Gasteiger partial charge on any atom is 0.278 e. The van der Waals surface area contributed by atoms with E-state index in [1.165, 1.54) is 6.07 Å². The van der Waals surface area contributed by atoms with Gasteiger partial charge < -0.3 is 10.1 Å². The van der Waals surface area contributed by atoms with Crippen molar-refractivity contribution < 1.29 is 9.66 Å². The minimum Gasteiger partial charge on any atom is -0.384 e. The second-order valence-corrected chi connectivity index (χ2v) is 4.73. The smallest absolute Gasteiger partial charge is 0.278 e. The fourth-order valence-electron chi connectivity index (χ4n) is 2.09. The molecular formula is C14H17N3O3. The molecule has 1 aromatic carbocycles. The first kappa shape index (κ1) is 14.2. The van der Waals surface area contributed by atoms with E-state index in [1.807, 2.05) is 0 Å². The number of fused-ring (bicyclic) bond motifs is 1. The molecule has 0 saturated heterocycles. The van der Waals surface area contributed by atoms with Gasteiger partial charge in [0, 0.05) is 25.9 Å². The van der Waals surface area contributed by atoms with Gasteiger partial charge in [-0.25, -0.2) is 0 Å². The number of nitro benzene ring substituents is 1. The number of hydrogen-bond acceptors (Lipinski definition) is 5. The quantitative estimate of drug-likeness (QED) is 0.648. The number of nitrogens with zero attached hydrogens (tertiary/aromatic N) is 2. The van der Waals surface area contributed by atoms with E-state index in [9.17, 15) is 10.1 Å². The number of anilines is 1. The molecular weight excluding hydrogens is 258 g/mol. The molecule has 1 unspecified atom stereocenters. The highest BCUT2D eigenvalue weighted by Gasteiger charge is 2.15. The van der Waals surface area contributed by atoms with Crippen LogP contribution in [0.4, 0.5) is 11.4 Å². The molecule has 2 rings (SSSR count). The summed E-state index contributed by atoms with van der Waals surface area (Å²) < 4.78 is 5.09. The van der Waals surface area contributed by atoms with Gasteiger partial charge in [0.25, 0.3) is 5.69 Å². The van der Waals surface area contributed by atoms with E-state index in [2.05, 4.69) is 17.2 Å². The lowest BCUT2D eigenvalue weighted by Gasteiger charge is -2.13. The van der Waals surface area contributed by atoms with Crippen molar-refractivity contribution in [2.45, 2.75) is 6.92 Å². The number of aromatic nitrogens is 1. The molecule has 1 aromatic heterocycles. The number of nitro groups is 1. The zero-order chi connectivity index (χ0) is 14.5. The first-order valence-corrected chi connectivity index (χ1v) is 6.38. The third kappa shape index (κ3) is 3.03. The van der Waals surface area contributed by atoms with Crippen LogP contribution in [0.15, 0.2) is 30.5 Å². The second kappa shape index (κ2) is 6.29. The van der Waals surface area contributed by atoms with Crippen LogP contribution in [-0.2, 0) is 4.74 Å². The van der Waals surface area contributed by atoms with Gasteiger partial charge in [-0.15, -0.1) is 0 Å². The number of hydrogen-bond donors (Lipinski definition) is 1. The number of benzene rings is 1. The first-order valence-electron chi connectivity index (χ1n) is 6.38. The number of nitrogens with one attached hydrogen (secondary N) is 1. The zero-order valence-corrected chi connectivity index (χ0v) is 11.5. The lowest BCUT2D eigenvalue weighted by Crippen LogP contribution is -2.16. The predicted octanol–water partition coefficient (Wildman–Crippen LogP) is 2.84. The van der Waals surface area contributed by atoms with E-state index < -0.39 is 0 Å². The Morgan fingerprint density at radius 2 is 2.25 bits per heavy atom. The van der Waals surface area contributed by atoms with E-state index >= 15 is 0 Å². The Hall–Kier alpha value is -2.21. The molecule has 0 bridgehead atoms. The standard InChI is InChI=1S/C14H17N3O3/c1-10(9-20-2)8-16-12-5-6-13(17(18)19)11-4-3-7-15-14(11)12/h3-7,10,16H,8-9H2,1-2H3. The molecule has 106 valence electrons. The van der Waals surface area contributed by atoms with Crippen LogP contribution in [0.3, 0.4) is 0 Å². The zero-order valence-electron chi connectivity index (χ0n) is 11.5. The van der Waals surface area contributed by atoms with Crippen molar-refractivity contribution in [1.29, 1.82) is 0 Å². The molecule has 1 atom stereocenters. The summed E-state index contributed by atoms with van der Waals surface area (Å²) in [4.78, 5) is 14.9. The maximum atomic E-state index is 11.0. The Balaban J connectivity index is 2.31. The summed E-state index contributed by atoms with van der Waals surface area (Å²) >= 11 is 0. The molecule has 6 heteroatoms. The minimum absolute atomic E-state index is 0.0728. The van der Waals surface area contributed by atoms with Gasteiger partial charge in [-0.3, -0.25) is 15.1 Å². The Morgan fingerprint density at radius 3 is 2.95 bits per heavy atom. The topological polar surface area (TPSA) is 77.3 Å². The molecule has 0 spiro atoms. The van der Waals surface area contributed by atoms with Crippen LogP contribution in [0.5, 0.6) is 0 Å². The highest BCUT2D eigenvalue weighted by atomic mass is 16.6. The highest BCUT2D eigenvalue weighted by Crippen LogP contribution is 2.29. The van der Waals surface area contributed by atoms with Gasteiger partial charge in [0.1, 0.15) is 5.52 Å². The van der Waals surface area contributed by atoms with Crippen LogP contribution in [-0.4, -0.2) is 30.2 Å². The van der Waals surface area contributed by atoms with E-state index in [-0.39, 0.29) is 10.6 Å². The average molecular weight is 275 g/mol. The molecule has 0 aliphatic carbocycles. The lowest BCUT2D eigenvalue weighted by molar-refractivity contribution is -0.383. The summed E-state index contributed by atoms with van der Waals surface area (Å²) in [5.41, 5.74) is 1.49. The van der Waals surface area contributed by atoms with Gasteiger partial charge in [0.05, 0.1) is 22.6 Å². The van der Waals surface area contributed by atoms with Gasteiger partial charge in [0.15, 0.2) is 0 Å². The van der Waals surface area contributed by atoms with Crippen molar-refractivity contribution in [3.05, 3.63) is 40.6 Å². The number of ether oxygens (including phenoxy) is 1. The Labute approximate surface area is 116 Å².